The first-order valence-corrected chi connectivity index (χ1v) is 36.2. The predicted molar refractivity (Wildman–Crippen MR) is 350 cm³/mol. The van der Waals surface area contributed by atoms with Crippen molar-refractivity contribution in [3.63, 3.8) is 0 Å². The van der Waals surface area contributed by atoms with Crippen LogP contribution in [0.15, 0.2) is 0 Å². The van der Waals surface area contributed by atoms with E-state index in [-0.39, 0.29) is 77.4 Å². The average molecular weight is 1410 g/mol. The molecule has 0 spiro atoms. The fourth-order valence-electron chi connectivity index (χ4n) is 10.5. The van der Waals surface area contributed by atoms with E-state index in [1.165, 1.54) is 231 Å². The molecule has 0 saturated carbocycles. The van der Waals surface area contributed by atoms with E-state index in [0.29, 0.717) is 0 Å². The van der Waals surface area contributed by atoms with Crippen LogP contribution in [-0.4, -0.2) is 96.0 Å². The zero-order valence-corrected chi connectivity index (χ0v) is 60.2. The molecule has 0 aliphatic carbocycles. The van der Waals surface area contributed by atoms with E-state index in [1.54, 1.807) is 0 Å². The summed E-state index contributed by atoms with van der Waals surface area (Å²) in [5.41, 5.74) is 0. The molecule has 0 aliphatic heterocycles. The number of aliphatic carboxylic acids is 4. The molecular weight excluding hydrogens is 1260 g/mol. The topological polar surface area (TPSA) is 241 Å². The molecule has 0 rings (SSSR count). The van der Waals surface area contributed by atoms with Crippen LogP contribution >= 0.6 is 0 Å². The smallest absolute Gasteiger partial charge is 0.0537 e. The SMILES string of the molecule is CCC(O)CCCCCCCCCCCCCCC(=O)[O-].CCC(O)CCCCCCCCCCCCCCC(=O)[O-].CCC(O)CCCCCCCCCCCCCCC(=O)[O-].CCC(O)CCCCCCCCCCCCCCC(=O)[O-].[Pb]. The fourth-order valence-corrected chi connectivity index (χ4v) is 10.5. The van der Waals surface area contributed by atoms with Crippen LogP contribution in [0.5, 0.6) is 0 Å². The van der Waals surface area contributed by atoms with Gasteiger partial charge in [0.1, 0.15) is 0 Å². The van der Waals surface area contributed by atoms with Gasteiger partial charge in [-0.2, -0.15) is 0 Å². The van der Waals surface area contributed by atoms with Crippen LogP contribution in [0.4, 0.5) is 0 Å². The first-order chi connectivity index (χ1) is 40.7. The number of aliphatic hydroxyl groups excluding tert-OH is 4. The van der Waals surface area contributed by atoms with Crippen molar-refractivity contribution in [1.82, 2.24) is 0 Å². The molecule has 4 radical (unpaired) electrons. The second-order valence-corrected chi connectivity index (χ2v) is 24.9. The molecule has 508 valence electrons. The van der Waals surface area contributed by atoms with E-state index in [0.717, 1.165) is 128 Å². The minimum atomic E-state index is -0.917. The summed E-state index contributed by atoms with van der Waals surface area (Å²) in [6, 6.07) is 0. The maximum absolute atomic E-state index is 10.2. The largest absolute Gasteiger partial charge is 0.550 e. The molecule has 85 heavy (non-hydrogen) atoms. The standard InChI is InChI=1S/4C18H36O3.Pb/c4*1-2-17(19)15-13-11-9-7-5-3-4-6-8-10-12-14-16-18(20)21;/h4*17,19H,2-16H2,1H3,(H,20,21);/p-4. The summed E-state index contributed by atoms with van der Waals surface area (Å²) in [4.78, 5) is 40.9. The zero-order valence-electron chi connectivity index (χ0n) is 56.3. The van der Waals surface area contributed by atoms with Gasteiger partial charge in [0.05, 0.1) is 24.4 Å². The summed E-state index contributed by atoms with van der Waals surface area (Å²) in [6.07, 6.45) is 66.0. The number of aliphatic hydroxyl groups is 4. The number of hydrogen-bond donors (Lipinski definition) is 4. The fraction of sp³-hybridized carbons (Fsp3) is 0.944. The van der Waals surface area contributed by atoms with E-state index in [1.807, 2.05) is 27.7 Å². The maximum atomic E-state index is 10.2. The van der Waals surface area contributed by atoms with Crippen molar-refractivity contribution >= 4 is 51.2 Å². The summed E-state index contributed by atoms with van der Waals surface area (Å²) < 4.78 is 0. The Morgan fingerprint density at radius 3 is 0.400 bits per heavy atom. The number of unbranched alkanes of at least 4 members (excludes halogenated alkanes) is 44. The van der Waals surface area contributed by atoms with Crippen molar-refractivity contribution in [3.05, 3.63) is 0 Å². The second kappa shape index (κ2) is 80.7. The molecule has 0 aromatic carbocycles. The van der Waals surface area contributed by atoms with Gasteiger partial charge in [0, 0.05) is 51.2 Å². The Morgan fingerprint density at radius 2 is 0.306 bits per heavy atom. The molecule has 0 heterocycles. The Bertz CT molecular complexity index is 1110. The van der Waals surface area contributed by atoms with Gasteiger partial charge in [0.2, 0.25) is 0 Å². The molecule has 13 heteroatoms. The Morgan fingerprint density at radius 1 is 0.212 bits per heavy atom. The monoisotopic (exact) mass is 1410 g/mol. The normalized spacial score (nSPS) is 12.3. The molecule has 4 N–H and O–H groups in total. The number of carboxylic acids is 4. The van der Waals surface area contributed by atoms with Gasteiger partial charge in [0.25, 0.3) is 0 Å². The predicted octanol–water partition coefficient (Wildman–Crippen LogP) is 15.5. The summed E-state index contributed by atoms with van der Waals surface area (Å²) in [6.45, 7) is 8.14. The Hall–Kier alpha value is -1.36. The number of carbonyl (C=O) groups excluding carboxylic acids is 4. The van der Waals surface area contributed by atoms with E-state index < -0.39 is 23.9 Å². The number of carboxylic acid groups (broad SMARTS) is 4. The molecule has 0 aromatic rings. The third-order valence-electron chi connectivity index (χ3n) is 16.6. The van der Waals surface area contributed by atoms with Crippen LogP contribution in [0.25, 0.3) is 0 Å². The molecule has 0 aromatic heterocycles. The van der Waals surface area contributed by atoms with Crippen molar-refractivity contribution in [2.24, 2.45) is 0 Å². The molecule has 0 aliphatic rings. The van der Waals surface area contributed by atoms with E-state index in [2.05, 4.69) is 0 Å². The minimum absolute atomic E-state index is 0. The quantitative estimate of drug-likeness (QED) is 0.0328. The van der Waals surface area contributed by atoms with E-state index in [9.17, 15) is 60.0 Å². The molecule has 4 unspecified atom stereocenters. The van der Waals surface area contributed by atoms with Crippen molar-refractivity contribution in [2.45, 2.75) is 437 Å². The van der Waals surface area contributed by atoms with Crippen LogP contribution in [0.3, 0.4) is 0 Å². The maximum Gasteiger partial charge on any atom is 0.0537 e. The number of carbonyl (C=O) groups is 4. The van der Waals surface area contributed by atoms with Crippen LogP contribution in [0, 0.1) is 0 Å². The van der Waals surface area contributed by atoms with Gasteiger partial charge in [0.15, 0.2) is 0 Å². The Kier molecular flexibility index (Phi) is 87.6. The van der Waals surface area contributed by atoms with Crippen molar-refractivity contribution in [3.8, 4) is 0 Å². The van der Waals surface area contributed by atoms with Crippen molar-refractivity contribution < 1.29 is 60.0 Å². The average Bonchev–Trinajstić information content (AvgIpc) is 3.47. The van der Waals surface area contributed by atoms with Gasteiger partial charge >= 0.3 is 0 Å². The molecule has 12 nitrogen and oxygen atoms in total. The van der Waals surface area contributed by atoms with Gasteiger partial charge in [-0.25, -0.2) is 0 Å². The van der Waals surface area contributed by atoms with E-state index >= 15 is 0 Å². The van der Waals surface area contributed by atoms with Gasteiger partial charge in [-0.05, 0) is 103 Å². The zero-order chi connectivity index (χ0) is 63.0. The molecule has 0 fully saturated rings. The van der Waals surface area contributed by atoms with Crippen molar-refractivity contribution in [1.29, 1.82) is 0 Å². The van der Waals surface area contributed by atoms with Gasteiger partial charge in [-0.1, -0.05) is 310 Å². The Balaban J connectivity index is -0.000000333. The van der Waals surface area contributed by atoms with Gasteiger partial charge < -0.3 is 60.0 Å². The van der Waals surface area contributed by atoms with Gasteiger partial charge in [-0.15, -0.1) is 0 Å². The molecule has 4 atom stereocenters. The van der Waals surface area contributed by atoms with Crippen LogP contribution in [-0.2, 0) is 19.2 Å². The summed E-state index contributed by atoms with van der Waals surface area (Å²) >= 11 is 0. The second-order valence-electron chi connectivity index (χ2n) is 24.9. The first-order valence-electron chi connectivity index (χ1n) is 36.2. The number of rotatable bonds is 64. The molecule has 0 saturated heterocycles. The summed E-state index contributed by atoms with van der Waals surface area (Å²) in [7, 11) is 0. The summed E-state index contributed by atoms with van der Waals surface area (Å²) in [5, 5.41) is 78.6. The molecule has 0 bridgehead atoms. The number of hydrogen-bond acceptors (Lipinski definition) is 12. The minimum Gasteiger partial charge on any atom is -0.550 e. The van der Waals surface area contributed by atoms with E-state index in [4.69, 9.17) is 0 Å². The van der Waals surface area contributed by atoms with Crippen molar-refractivity contribution in [2.75, 3.05) is 0 Å². The third kappa shape index (κ3) is 96.5. The third-order valence-corrected chi connectivity index (χ3v) is 16.6. The van der Waals surface area contributed by atoms with Gasteiger partial charge in [-0.3, -0.25) is 0 Å². The summed E-state index contributed by atoms with van der Waals surface area (Å²) in [5.74, 6) is -3.67. The van der Waals surface area contributed by atoms with Crippen LogP contribution in [0.1, 0.15) is 413 Å². The first kappa shape index (κ1) is 92.4. The van der Waals surface area contributed by atoms with Crippen LogP contribution in [0.2, 0.25) is 0 Å². The Labute approximate surface area is 545 Å². The van der Waals surface area contributed by atoms with Crippen LogP contribution < -0.4 is 20.4 Å². The molecule has 0 amide bonds. The molecular formula is C72H140O12Pb-4.